The van der Waals surface area contributed by atoms with E-state index in [1.54, 1.807) is 30.3 Å². The average Bonchev–Trinajstić information content (AvgIpc) is 2.58. The van der Waals surface area contributed by atoms with Gasteiger partial charge in [-0.3, -0.25) is 15.5 Å². The number of hydrogen-bond acceptors (Lipinski definition) is 6. The molecule has 0 amide bonds. The number of methoxy groups -OCH3 is 1. The highest BCUT2D eigenvalue weighted by Gasteiger charge is 2.09. The number of phenols is 1. The maximum atomic E-state index is 10.7. The van der Waals surface area contributed by atoms with Gasteiger partial charge in [-0.25, -0.2) is 0 Å². The van der Waals surface area contributed by atoms with Crippen molar-refractivity contribution in [2.75, 3.05) is 12.5 Å². The highest BCUT2D eigenvalue weighted by atomic mass is 16.6. The third kappa shape index (κ3) is 4.10. The lowest BCUT2D eigenvalue weighted by atomic mass is 10.1. The minimum Gasteiger partial charge on any atom is -0.504 e. The summed E-state index contributed by atoms with van der Waals surface area (Å²) < 4.78 is 5.14. The van der Waals surface area contributed by atoms with Gasteiger partial charge in [0, 0.05) is 17.7 Å². The molecule has 0 aliphatic heterocycles. The van der Waals surface area contributed by atoms with Gasteiger partial charge in [0.25, 0.3) is 5.69 Å². The summed E-state index contributed by atoms with van der Waals surface area (Å²) in [5.74, 6) is 0.410. The van der Waals surface area contributed by atoms with Crippen LogP contribution in [-0.4, -0.2) is 23.4 Å². The lowest BCUT2D eigenvalue weighted by molar-refractivity contribution is -0.384. The highest BCUT2D eigenvalue weighted by molar-refractivity contribution is 5.82. The molecular weight excluding hydrogens is 310 g/mol. The SMILES string of the molecule is C=CCc1cc(C=NNc2cccc([N+](=O)[O-])c2)cc(OC)c1O. The van der Waals surface area contributed by atoms with E-state index in [0.717, 1.165) is 0 Å². The second-order valence-electron chi connectivity index (χ2n) is 4.90. The van der Waals surface area contributed by atoms with Crippen LogP contribution in [-0.2, 0) is 6.42 Å². The molecule has 7 nitrogen and oxygen atoms in total. The topological polar surface area (TPSA) is 97.0 Å². The number of aromatic hydroxyl groups is 1. The molecule has 24 heavy (non-hydrogen) atoms. The summed E-state index contributed by atoms with van der Waals surface area (Å²) in [5, 5.41) is 24.8. The molecule has 0 spiro atoms. The predicted molar refractivity (Wildman–Crippen MR) is 92.9 cm³/mol. The van der Waals surface area contributed by atoms with Crippen LogP contribution in [0.3, 0.4) is 0 Å². The zero-order valence-corrected chi connectivity index (χ0v) is 13.1. The second-order valence-corrected chi connectivity index (χ2v) is 4.90. The third-order valence-electron chi connectivity index (χ3n) is 3.22. The Bertz CT molecular complexity index is 787. The number of nitro benzene ring substituents is 1. The van der Waals surface area contributed by atoms with Crippen molar-refractivity contribution in [3.05, 3.63) is 70.3 Å². The van der Waals surface area contributed by atoms with Gasteiger partial charge < -0.3 is 9.84 Å². The van der Waals surface area contributed by atoms with Crippen molar-refractivity contribution >= 4 is 17.6 Å². The van der Waals surface area contributed by atoms with Crippen LogP contribution in [0, 0.1) is 10.1 Å². The van der Waals surface area contributed by atoms with Crippen molar-refractivity contribution in [1.29, 1.82) is 0 Å². The fourth-order valence-electron chi connectivity index (χ4n) is 2.10. The molecular formula is C17H17N3O4. The number of rotatable bonds is 7. The van der Waals surface area contributed by atoms with Gasteiger partial charge >= 0.3 is 0 Å². The van der Waals surface area contributed by atoms with E-state index in [4.69, 9.17) is 4.74 Å². The molecule has 0 heterocycles. The number of hydrazone groups is 1. The first-order chi connectivity index (χ1) is 11.5. The van der Waals surface area contributed by atoms with Crippen molar-refractivity contribution in [3.63, 3.8) is 0 Å². The van der Waals surface area contributed by atoms with E-state index in [-0.39, 0.29) is 11.4 Å². The molecule has 0 aliphatic rings. The molecule has 2 N–H and O–H groups in total. The maximum Gasteiger partial charge on any atom is 0.271 e. The molecule has 0 radical (unpaired) electrons. The summed E-state index contributed by atoms with van der Waals surface area (Å²) in [5.41, 5.74) is 4.59. The Morgan fingerprint density at radius 1 is 1.42 bits per heavy atom. The molecule has 0 unspecified atom stereocenters. The molecule has 0 atom stereocenters. The summed E-state index contributed by atoms with van der Waals surface area (Å²) in [4.78, 5) is 10.3. The molecule has 124 valence electrons. The summed E-state index contributed by atoms with van der Waals surface area (Å²) in [6.45, 7) is 3.65. The molecule has 0 saturated heterocycles. The van der Waals surface area contributed by atoms with E-state index < -0.39 is 4.92 Å². The van der Waals surface area contributed by atoms with E-state index in [2.05, 4.69) is 17.1 Å². The third-order valence-corrected chi connectivity index (χ3v) is 3.22. The lowest BCUT2D eigenvalue weighted by Crippen LogP contribution is -1.95. The number of non-ortho nitro benzene ring substituents is 1. The number of nitrogens with one attached hydrogen (secondary N) is 1. The fourth-order valence-corrected chi connectivity index (χ4v) is 2.10. The Morgan fingerprint density at radius 3 is 2.88 bits per heavy atom. The first-order valence-corrected chi connectivity index (χ1v) is 7.09. The van der Waals surface area contributed by atoms with Gasteiger partial charge in [-0.1, -0.05) is 12.1 Å². The largest absolute Gasteiger partial charge is 0.504 e. The Morgan fingerprint density at radius 2 is 2.21 bits per heavy atom. The van der Waals surface area contributed by atoms with Crippen molar-refractivity contribution in [1.82, 2.24) is 0 Å². The van der Waals surface area contributed by atoms with Gasteiger partial charge in [0.2, 0.25) is 0 Å². The summed E-state index contributed by atoms with van der Waals surface area (Å²) in [6.07, 6.45) is 3.70. The number of allylic oxidation sites excluding steroid dienone is 1. The quantitative estimate of drug-likeness (QED) is 0.351. The van der Waals surface area contributed by atoms with Gasteiger partial charge in [-0.15, -0.1) is 6.58 Å². The number of anilines is 1. The zero-order chi connectivity index (χ0) is 17.5. The van der Waals surface area contributed by atoms with Crippen LogP contribution in [0.4, 0.5) is 11.4 Å². The Labute approximate surface area is 139 Å². The van der Waals surface area contributed by atoms with Crippen LogP contribution in [0.25, 0.3) is 0 Å². The number of nitro groups is 1. The highest BCUT2D eigenvalue weighted by Crippen LogP contribution is 2.31. The van der Waals surface area contributed by atoms with Crippen LogP contribution < -0.4 is 10.2 Å². The molecule has 0 bridgehead atoms. The van der Waals surface area contributed by atoms with Crippen LogP contribution >= 0.6 is 0 Å². The second kappa shape index (κ2) is 7.77. The fraction of sp³-hybridized carbons (Fsp3) is 0.118. The Hall–Kier alpha value is -3.35. The molecule has 2 aromatic carbocycles. The maximum absolute atomic E-state index is 10.7. The number of ether oxygens (including phenoxy) is 1. The van der Waals surface area contributed by atoms with E-state index in [9.17, 15) is 15.2 Å². The smallest absolute Gasteiger partial charge is 0.271 e. The summed E-state index contributed by atoms with van der Waals surface area (Å²) >= 11 is 0. The molecule has 0 fully saturated rings. The van der Waals surface area contributed by atoms with E-state index in [1.807, 2.05) is 0 Å². The van der Waals surface area contributed by atoms with Gasteiger partial charge in [0.15, 0.2) is 11.5 Å². The lowest BCUT2D eigenvalue weighted by Gasteiger charge is -2.09. The minimum atomic E-state index is -0.471. The minimum absolute atomic E-state index is 0.0187. The monoisotopic (exact) mass is 327 g/mol. The van der Waals surface area contributed by atoms with Crippen LogP contribution in [0.1, 0.15) is 11.1 Å². The van der Waals surface area contributed by atoms with Crippen molar-refractivity contribution < 1.29 is 14.8 Å². The normalized spacial score (nSPS) is 10.5. The van der Waals surface area contributed by atoms with Crippen molar-refractivity contribution in [3.8, 4) is 11.5 Å². The Kier molecular flexibility index (Phi) is 5.51. The molecule has 0 aliphatic carbocycles. The number of benzene rings is 2. The van der Waals surface area contributed by atoms with Crippen molar-refractivity contribution in [2.45, 2.75) is 6.42 Å². The molecule has 2 aromatic rings. The average molecular weight is 327 g/mol. The van der Waals surface area contributed by atoms with Crippen LogP contribution in [0.5, 0.6) is 11.5 Å². The molecule has 0 aromatic heterocycles. The van der Waals surface area contributed by atoms with E-state index in [0.29, 0.717) is 29.0 Å². The van der Waals surface area contributed by atoms with Gasteiger partial charge in [-0.05, 0) is 30.2 Å². The number of hydrogen-bond donors (Lipinski definition) is 2. The molecule has 0 saturated carbocycles. The van der Waals surface area contributed by atoms with E-state index in [1.165, 1.54) is 25.5 Å². The first-order valence-electron chi connectivity index (χ1n) is 7.09. The Balaban J connectivity index is 2.19. The van der Waals surface area contributed by atoms with Gasteiger partial charge in [-0.2, -0.15) is 5.10 Å². The molecule has 7 heteroatoms. The zero-order valence-electron chi connectivity index (χ0n) is 13.1. The standard InChI is InChI=1S/C17H17N3O4/c1-3-5-13-8-12(9-16(24-2)17(13)21)11-18-19-14-6-4-7-15(10-14)20(22)23/h3-4,6-11,19,21H,1,5H2,2H3. The van der Waals surface area contributed by atoms with Crippen LogP contribution in [0.2, 0.25) is 0 Å². The summed E-state index contributed by atoms with van der Waals surface area (Å²) in [6, 6.07) is 9.44. The van der Waals surface area contributed by atoms with Gasteiger partial charge in [0.05, 0.1) is 23.9 Å². The van der Waals surface area contributed by atoms with Crippen molar-refractivity contribution in [2.24, 2.45) is 5.10 Å². The van der Waals surface area contributed by atoms with Crippen LogP contribution in [0.15, 0.2) is 54.2 Å². The molecule has 2 rings (SSSR count). The number of phenolic OH excluding ortho intramolecular Hbond substituents is 1. The van der Waals surface area contributed by atoms with Gasteiger partial charge in [0.1, 0.15) is 0 Å². The van der Waals surface area contributed by atoms with E-state index >= 15 is 0 Å². The number of nitrogens with zero attached hydrogens (tertiary/aromatic N) is 2. The summed E-state index contributed by atoms with van der Waals surface area (Å²) in [7, 11) is 1.47. The first kappa shape index (κ1) is 17.0. The predicted octanol–water partition coefficient (Wildman–Crippen LogP) is 3.48.